The highest BCUT2D eigenvalue weighted by molar-refractivity contribution is 7.91. The molecule has 0 aliphatic rings. The van der Waals surface area contributed by atoms with Gasteiger partial charge in [0.25, 0.3) is 10.2 Å². The summed E-state index contributed by atoms with van der Waals surface area (Å²) in [6.07, 6.45) is 1.03. The van der Waals surface area contributed by atoms with Crippen LogP contribution in [0.1, 0.15) is 33.5 Å². The Morgan fingerprint density at radius 1 is 1.19 bits per heavy atom. The molecule has 1 unspecified atom stereocenters. The van der Waals surface area contributed by atoms with E-state index in [1.54, 1.807) is 6.07 Å². The highest BCUT2D eigenvalue weighted by Gasteiger charge is 2.34. The first-order chi connectivity index (χ1) is 14.9. The lowest BCUT2D eigenvalue weighted by molar-refractivity contribution is 0.393. The van der Waals surface area contributed by atoms with Gasteiger partial charge in [0.2, 0.25) is 11.8 Å². The minimum Gasteiger partial charge on any atom is -0.422 e. The molecule has 0 fully saturated rings. The maximum absolute atomic E-state index is 12.6. The summed E-state index contributed by atoms with van der Waals surface area (Å²) in [7, 11) is -7.73. The molecule has 0 saturated carbocycles. The molecule has 170 valence electrons. The van der Waals surface area contributed by atoms with Crippen molar-refractivity contribution in [1.29, 1.82) is 0 Å². The molecule has 0 radical (unpaired) electrons. The zero-order valence-electron chi connectivity index (χ0n) is 17.1. The van der Waals surface area contributed by atoms with Crippen LogP contribution in [0.15, 0.2) is 27.1 Å². The molecule has 12 nitrogen and oxygen atoms in total. The largest absolute Gasteiger partial charge is 0.422 e. The van der Waals surface area contributed by atoms with Gasteiger partial charge in [-0.05, 0) is 31.5 Å². The Morgan fingerprint density at radius 3 is 2.56 bits per heavy atom. The van der Waals surface area contributed by atoms with Gasteiger partial charge in [0.15, 0.2) is 15.1 Å². The van der Waals surface area contributed by atoms with E-state index >= 15 is 0 Å². The van der Waals surface area contributed by atoms with Gasteiger partial charge < -0.3 is 8.94 Å². The van der Waals surface area contributed by atoms with Crippen molar-refractivity contribution in [3.05, 3.63) is 46.4 Å². The SMILES string of the molecule is Cc1noc(C)c1-c1ccc2nc(C(c3nnc(CNS(N)(=O)=O)o3)S(C)(=O)=O)sc2c1. The number of sulfone groups is 1. The normalized spacial score (nSPS) is 13.6. The van der Waals surface area contributed by atoms with E-state index in [4.69, 9.17) is 14.1 Å². The number of benzene rings is 1. The predicted molar refractivity (Wildman–Crippen MR) is 116 cm³/mol. The molecule has 3 aromatic heterocycles. The quantitative estimate of drug-likeness (QED) is 0.377. The predicted octanol–water partition coefficient (Wildman–Crippen LogP) is 1.38. The molecule has 32 heavy (non-hydrogen) atoms. The zero-order valence-corrected chi connectivity index (χ0v) is 19.5. The van der Waals surface area contributed by atoms with Gasteiger partial charge in [0, 0.05) is 11.8 Å². The van der Waals surface area contributed by atoms with Crippen LogP contribution in [0.4, 0.5) is 0 Å². The van der Waals surface area contributed by atoms with Gasteiger partial charge in [-0.3, -0.25) is 0 Å². The molecule has 3 N–H and O–H groups in total. The number of nitrogens with zero attached hydrogens (tertiary/aromatic N) is 4. The highest BCUT2D eigenvalue weighted by Crippen LogP contribution is 2.37. The number of fused-ring (bicyclic) bond motifs is 1. The molecule has 1 atom stereocenters. The Hall–Kier alpha value is -2.72. The standard InChI is InChI=1S/C17H18N6O6S3/c1-8-14(9(2)29-23-8)10-4-5-11-12(6-10)30-17(20-11)15(31(3,24)25)16-22-21-13(28-16)7-19-32(18,26)27/h4-6,15,19H,7H2,1-3H3,(H2,18,26,27). The van der Waals surface area contributed by atoms with E-state index in [2.05, 4.69) is 20.3 Å². The summed E-state index contributed by atoms with van der Waals surface area (Å²) in [6.45, 7) is 3.28. The molecule has 15 heteroatoms. The van der Waals surface area contributed by atoms with Gasteiger partial charge >= 0.3 is 0 Å². The van der Waals surface area contributed by atoms with Crippen molar-refractivity contribution in [3.63, 3.8) is 0 Å². The number of hydrogen-bond acceptors (Lipinski definition) is 11. The molecule has 4 rings (SSSR count). The van der Waals surface area contributed by atoms with Crippen LogP contribution < -0.4 is 9.86 Å². The Balaban J connectivity index is 1.73. The van der Waals surface area contributed by atoms with Crippen molar-refractivity contribution in [3.8, 4) is 11.1 Å². The third-order valence-electron chi connectivity index (χ3n) is 4.51. The molecule has 0 amide bonds. The smallest absolute Gasteiger partial charge is 0.274 e. The number of nitrogens with one attached hydrogen (secondary N) is 1. The summed E-state index contributed by atoms with van der Waals surface area (Å²) < 4.78 is 60.6. The Morgan fingerprint density at radius 2 is 1.94 bits per heavy atom. The Bertz CT molecular complexity index is 1500. The second-order valence-corrected chi connectivity index (χ2v) is 11.6. The topological polar surface area (TPSA) is 184 Å². The lowest BCUT2D eigenvalue weighted by Crippen LogP contribution is -2.30. The van der Waals surface area contributed by atoms with E-state index < -0.39 is 25.3 Å². The summed E-state index contributed by atoms with van der Waals surface area (Å²) in [5, 5.41) is 15.3. The third-order valence-corrected chi connectivity index (χ3v) is 7.57. The van der Waals surface area contributed by atoms with E-state index in [0.29, 0.717) is 11.3 Å². The Labute approximate surface area is 186 Å². The minimum absolute atomic E-state index is 0.135. The second kappa shape index (κ2) is 8.00. The van der Waals surface area contributed by atoms with Gasteiger partial charge in [-0.15, -0.1) is 21.5 Å². The number of hydrogen-bond donors (Lipinski definition) is 2. The number of nitrogens with two attached hydrogens (primary N) is 1. The van der Waals surface area contributed by atoms with E-state index in [1.165, 1.54) is 11.3 Å². The first-order valence-corrected chi connectivity index (χ1v) is 13.4. The van der Waals surface area contributed by atoms with Crippen molar-refractivity contribution >= 4 is 41.6 Å². The van der Waals surface area contributed by atoms with Crippen LogP contribution in [0, 0.1) is 13.8 Å². The van der Waals surface area contributed by atoms with Gasteiger partial charge in [-0.1, -0.05) is 11.2 Å². The zero-order chi connectivity index (χ0) is 23.3. The lowest BCUT2D eigenvalue weighted by atomic mass is 10.0. The molecule has 0 aliphatic heterocycles. The van der Waals surface area contributed by atoms with Crippen molar-refractivity contribution in [2.75, 3.05) is 6.26 Å². The van der Waals surface area contributed by atoms with E-state index in [9.17, 15) is 16.8 Å². The monoisotopic (exact) mass is 498 g/mol. The summed E-state index contributed by atoms with van der Waals surface area (Å²) in [5.41, 5.74) is 3.08. The van der Waals surface area contributed by atoms with E-state index in [-0.39, 0.29) is 23.3 Å². The van der Waals surface area contributed by atoms with Crippen LogP contribution in [0.2, 0.25) is 0 Å². The molecule has 0 bridgehead atoms. The van der Waals surface area contributed by atoms with Crippen molar-refractivity contribution in [1.82, 2.24) is 25.1 Å². The van der Waals surface area contributed by atoms with Gasteiger partial charge in [-0.25, -0.2) is 18.5 Å². The number of aromatic nitrogens is 4. The summed E-state index contributed by atoms with van der Waals surface area (Å²) >= 11 is 1.18. The minimum atomic E-state index is -3.98. The molecular weight excluding hydrogens is 480 g/mol. The average molecular weight is 499 g/mol. The van der Waals surface area contributed by atoms with Gasteiger partial charge in [0.1, 0.15) is 10.8 Å². The molecule has 4 aromatic rings. The van der Waals surface area contributed by atoms with Crippen molar-refractivity contribution in [2.45, 2.75) is 25.6 Å². The van der Waals surface area contributed by atoms with Crippen LogP contribution in [-0.2, 0) is 26.6 Å². The maximum atomic E-state index is 12.6. The number of aryl methyl sites for hydroxylation is 2. The van der Waals surface area contributed by atoms with Crippen molar-refractivity contribution in [2.24, 2.45) is 5.14 Å². The number of rotatable bonds is 7. The molecule has 1 aromatic carbocycles. The van der Waals surface area contributed by atoms with Gasteiger partial charge in [0.05, 0.1) is 22.5 Å². The summed E-state index contributed by atoms with van der Waals surface area (Å²) in [4.78, 5) is 4.46. The Kier molecular flexibility index (Phi) is 5.62. The van der Waals surface area contributed by atoms with Crippen LogP contribution in [0.3, 0.4) is 0 Å². The van der Waals surface area contributed by atoms with Crippen LogP contribution in [0.5, 0.6) is 0 Å². The van der Waals surface area contributed by atoms with Crippen LogP contribution >= 0.6 is 11.3 Å². The number of thiazole rings is 1. The van der Waals surface area contributed by atoms with Crippen LogP contribution in [-0.4, -0.2) is 43.4 Å². The third kappa shape index (κ3) is 4.56. The first kappa shape index (κ1) is 22.5. The van der Waals surface area contributed by atoms with Gasteiger partial charge in [-0.2, -0.15) is 13.1 Å². The average Bonchev–Trinajstić information content (AvgIpc) is 3.37. The first-order valence-electron chi connectivity index (χ1n) is 9.04. The fourth-order valence-electron chi connectivity index (χ4n) is 3.18. The molecule has 3 heterocycles. The molecule has 0 saturated heterocycles. The fourth-order valence-corrected chi connectivity index (χ4v) is 6.04. The summed E-state index contributed by atoms with van der Waals surface area (Å²) in [5.74, 6) is 0.320. The summed E-state index contributed by atoms with van der Waals surface area (Å²) in [6, 6.07) is 5.53. The maximum Gasteiger partial charge on any atom is 0.274 e. The van der Waals surface area contributed by atoms with E-state index in [1.807, 2.05) is 30.7 Å². The lowest BCUT2D eigenvalue weighted by Gasteiger charge is -2.07. The molecule has 0 aliphatic carbocycles. The second-order valence-electron chi connectivity index (χ2n) is 7.04. The van der Waals surface area contributed by atoms with Crippen molar-refractivity contribution < 1.29 is 25.8 Å². The highest BCUT2D eigenvalue weighted by atomic mass is 32.2. The van der Waals surface area contributed by atoms with Crippen LogP contribution in [0.25, 0.3) is 21.3 Å². The molecular formula is C17H18N6O6S3. The molecule has 0 spiro atoms. The van der Waals surface area contributed by atoms with E-state index in [0.717, 1.165) is 27.8 Å². The fraction of sp³-hybridized carbons (Fsp3) is 0.294.